The second kappa shape index (κ2) is 20.8. The highest BCUT2D eigenvalue weighted by Crippen LogP contribution is 2.56. The van der Waals surface area contributed by atoms with Crippen LogP contribution in [-0.2, 0) is 28.7 Å². The van der Waals surface area contributed by atoms with Gasteiger partial charge in [-0.2, -0.15) is 0 Å². The standard InChI is InChI=1S/C35H44N3O6PS2/c1-43-33(40)25-37-34(41)31(38-32(39)22-21-30(36)35(42)44-2)26-47-46-24-14-6-13-23-45(27-15-7-3-8-16-27,28-17-9-4-10-18-28)29-19-11-5-12-20-29/h3-5,7-12,15-20,30-31H,6,13-14,21-26,36H2,1-2H3,(H-,37,38,39,41)/p+1/t30-,31-/m0/s1. The van der Waals surface area contributed by atoms with Crippen LogP contribution in [0.1, 0.15) is 32.1 Å². The number of unbranched alkanes of at least 4 members (excludes halogenated alkanes) is 2. The molecule has 2 amide bonds. The smallest absolute Gasteiger partial charge is 0.325 e. The molecule has 0 fully saturated rings. The summed E-state index contributed by atoms with van der Waals surface area (Å²) >= 11 is 0. The number of esters is 2. The van der Waals surface area contributed by atoms with Crippen LogP contribution in [0.4, 0.5) is 0 Å². The number of methoxy groups -OCH3 is 2. The molecule has 0 bridgehead atoms. The van der Waals surface area contributed by atoms with E-state index < -0.39 is 43.1 Å². The highest BCUT2D eigenvalue weighted by Gasteiger charge is 2.44. The predicted octanol–water partition coefficient (Wildman–Crippen LogP) is 3.59. The fourth-order valence-corrected chi connectivity index (χ4v) is 11.8. The number of benzene rings is 3. The summed E-state index contributed by atoms with van der Waals surface area (Å²) in [6.45, 7) is -0.300. The summed E-state index contributed by atoms with van der Waals surface area (Å²) in [7, 11) is 3.75. The molecular formula is C35H45N3O6PS2+. The summed E-state index contributed by atoms with van der Waals surface area (Å²) in [4.78, 5) is 48.4. The van der Waals surface area contributed by atoms with E-state index in [0.29, 0.717) is 5.75 Å². The zero-order valence-corrected chi connectivity index (χ0v) is 29.5. The van der Waals surface area contributed by atoms with Crippen molar-refractivity contribution in [1.82, 2.24) is 10.6 Å². The Morgan fingerprint density at radius 2 is 1.32 bits per heavy atom. The van der Waals surface area contributed by atoms with Crippen LogP contribution in [0.15, 0.2) is 91.0 Å². The minimum absolute atomic E-state index is 0.0477. The summed E-state index contributed by atoms with van der Waals surface area (Å²) in [5, 5.41) is 9.36. The van der Waals surface area contributed by atoms with Gasteiger partial charge in [-0.15, -0.1) is 0 Å². The summed E-state index contributed by atoms with van der Waals surface area (Å²) in [5.41, 5.74) is 5.73. The zero-order valence-electron chi connectivity index (χ0n) is 27.0. The van der Waals surface area contributed by atoms with E-state index in [2.05, 4.69) is 111 Å². The Bertz CT molecular complexity index is 1310. The van der Waals surface area contributed by atoms with E-state index in [-0.39, 0.29) is 19.4 Å². The van der Waals surface area contributed by atoms with E-state index in [4.69, 9.17) is 5.73 Å². The van der Waals surface area contributed by atoms with Crippen molar-refractivity contribution in [3.8, 4) is 0 Å². The van der Waals surface area contributed by atoms with Crippen molar-refractivity contribution in [3.63, 3.8) is 0 Å². The van der Waals surface area contributed by atoms with Crippen LogP contribution in [0.2, 0.25) is 0 Å². The molecule has 0 saturated heterocycles. The maximum atomic E-state index is 12.8. The van der Waals surface area contributed by atoms with Gasteiger partial charge in [0.2, 0.25) is 11.8 Å². The van der Waals surface area contributed by atoms with Crippen LogP contribution < -0.4 is 32.3 Å². The third kappa shape index (κ3) is 12.0. The first-order valence-corrected chi connectivity index (χ1v) is 20.0. The van der Waals surface area contributed by atoms with Crippen molar-refractivity contribution in [2.75, 3.05) is 38.4 Å². The largest absolute Gasteiger partial charge is 0.468 e. The molecule has 0 aromatic heterocycles. The van der Waals surface area contributed by atoms with Gasteiger partial charge < -0.3 is 25.8 Å². The first kappa shape index (κ1) is 38.1. The number of ether oxygens (including phenoxy) is 2. The summed E-state index contributed by atoms with van der Waals surface area (Å²) < 4.78 is 9.19. The zero-order chi connectivity index (χ0) is 33.9. The topological polar surface area (TPSA) is 137 Å². The molecule has 3 rings (SSSR count). The van der Waals surface area contributed by atoms with E-state index in [1.165, 1.54) is 40.9 Å². The molecule has 0 unspecified atom stereocenters. The van der Waals surface area contributed by atoms with Crippen LogP contribution >= 0.6 is 28.9 Å². The molecule has 252 valence electrons. The Labute approximate surface area is 286 Å². The SMILES string of the molecule is COC(=O)CNC(=O)[C@H](CSSCCCCC[P+](c1ccccc1)(c1ccccc1)c1ccccc1)NC(=O)CC[C@H](N)C(=O)OC. The van der Waals surface area contributed by atoms with Gasteiger partial charge in [-0.3, -0.25) is 19.2 Å². The van der Waals surface area contributed by atoms with Gasteiger partial charge in [-0.25, -0.2) is 0 Å². The van der Waals surface area contributed by atoms with Crippen molar-refractivity contribution in [1.29, 1.82) is 0 Å². The monoisotopic (exact) mass is 698 g/mol. The average molecular weight is 699 g/mol. The number of hydrogen-bond donors (Lipinski definition) is 3. The normalized spacial score (nSPS) is 12.4. The molecule has 47 heavy (non-hydrogen) atoms. The van der Waals surface area contributed by atoms with Crippen LogP contribution in [0.5, 0.6) is 0 Å². The Balaban J connectivity index is 1.55. The van der Waals surface area contributed by atoms with E-state index in [0.717, 1.165) is 31.2 Å². The minimum atomic E-state index is -1.85. The Morgan fingerprint density at radius 1 is 0.766 bits per heavy atom. The molecule has 0 saturated carbocycles. The molecule has 12 heteroatoms. The number of nitrogens with two attached hydrogens (primary N) is 1. The molecule has 4 N–H and O–H groups in total. The minimum Gasteiger partial charge on any atom is -0.468 e. The number of nitrogens with one attached hydrogen (secondary N) is 2. The fourth-order valence-electron chi connectivity index (χ4n) is 5.10. The second-order valence-electron chi connectivity index (χ2n) is 10.8. The first-order valence-electron chi connectivity index (χ1n) is 15.6. The lowest BCUT2D eigenvalue weighted by Gasteiger charge is -2.27. The van der Waals surface area contributed by atoms with Crippen molar-refractivity contribution >= 4 is 68.5 Å². The third-order valence-electron chi connectivity index (χ3n) is 7.60. The molecule has 3 aromatic carbocycles. The second-order valence-corrected chi connectivity index (χ2v) is 17.0. The molecule has 0 radical (unpaired) electrons. The number of carbonyl (C=O) groups excluding carboxylic acids is 4. The van der Waals surface area contributed by atoms with Crippen LogP contribution in [0, 0.1) is 0 Å². The molecule has 3 aromatic rings. The lowest BCUT2D eigenvalue weighted by atomic mass is 10.1. The molecule has 2 atom stereocenters. The van der Waals surface area contributed by atoms with Crippen molar-refractivity contribution < 1.29 is 28.7 Å². The highest BCUT2D eigenvalue weighted by atomic mass is 33.1. The molecule has 0 aliphatic heterocycles. The van der Waals surface area contributed by atoms with Gasteiger partial charge in [-0.05, 0) is 62.1 Å². The Morgan fingerprint density at radius 3 is 1.83 bits per heavy atom. The highest BCUT2D eigenvalue weighted by molar-refractivity contribution is 8.76. The van der Waals surface area contributed by atoms with Crippen LogP contribution in [-0.4, -0.2) is 74.3 Å². The van der Waals surface area contributed by atoms with Gasteiger partial charge in [-0.1, -0.05) is 76.2 Å². The maximum Gasteiger partial charge on any atom is 0.325 e. The lowest BCUT2D eigenvalue weighted by molar-refractivity contribution is -0.142. The number of rotatable bonds is 20. The molecule has 0 heterocycles. The van der Waals surface area contributed by atoms with Gasteiger partial charge in [0.1, 0.15) is 41.8 Å². The molecule has 0 spiro atoms. The van der Waals surface area contributed by atoms with Crippen molar-refractivity contribution in [3.05, 3.63) is 91.0 Å². The molecule has 9 nitrogen and oxygen atoms in total. The van der Waals surface area contributed by atoms with Crippen molar-refractivity contribution in [2.45, 2.75) is 44.2 Å². The summed E-state index contributed by atoms with van der Waals surface area (Å²) in [6.07, 6.45) is 4.24. The maximum absolute atomic E-state index is 12.8. The molecular weight excluding hydrogens is 654 g/mol. The third-order valence-corrected chi connectivity index (χ3v) is 14.6. The number of carbonyl (C=O) groups is 4. The quantitative estimate of drug-likeness (QED) is 0.0700. The predicted molar refractivity (Wildman–Crippen MR) is 195 cm³/mol. The van der Waals surface area contributed by atoms with Gasteiger partial charge in [0.25, 0.3) is 0 Å². The van der Waals surface area contributed by atoms with Crippen molar-refractivity contribution in [2.24, 2.45) is 5.73 Å². The molecule has 0 aliphatic rings. The van der Waals surface area contributed by atoms with E-state index in [1.54, 1.807) is 10.8 Å². The van der Waals surface area contributed by atoms with E-state index in [9.17, 15) is 19.2 Å². The van der Waals surface area contributed by atoms with Gasteiger partial charge in [0.15, 0.2) is 0 Å². The van der Waals surface area contributed by atoms with E-state index in [1.807, 2.05) is 0 Å². The van der Waals surface area contributed by atoms with Gasteiger partial charge in [0.05, 0.1) is 20.4 Å². The lowest BCUT2D eigenvalue weighted by Crippen LogP contribution is -2.49. The molecule has 0 aliphatic carbocycles. The Kier molecular flexibility index (Phi) is 16.8. The number of amides is 2. The van der Waals surface area contributed by atoms with Crippen LogP contribution in [0.3, 0.4) is 0 Å². The summed E-state index contributed by atoms with van der Waals surface area (Å²) in [6, 6.07) is 30.8. The average Bonchev–Trinajstić information content (AvgIpc) is 3.12. The van der Waals surface area contributed by atoms with Gasteiger partial charge >= 0.3 is 11.9 Å². The number of hydrogen-bond acceptors (Lipinski definition) is 9. The Hall–Kier alpha value is -3.37. The fraction of sp³-hybridized carbons (Fsp3) is 0.371. The first-order chi connectivity index (χ1) is 22.8. The van der Waals surface area contributed by atoms with Gasteiger partial charge in [0, 0.05) is 17.9 Å². The summed E-state index contributed by atoms with van der Waals surface area (Å²) in [5.74, 6) is -0.918. The van der Waals surface area contributed by atoms with Crippen LogP contribution in [0.25, 0.3) is 0 Å². The van der Waals surface area contributed by atoms with E-state index >= 15 is 0 Å².